The molecule has 6 heteroatoms. The van der Waals surface area contributed by atoms with E-state index in [4.69, 9.17) is 9.47 Å². The van der Waals surface area contributed by atoms with Gasteiger partial charge in [-0.2, -0.15) is 11.8 Å². The minimum atomic E-state index is -0.533. The highest BCUT2D eigenvalue weighted by molar-refractivity contribution is 7.99. The van der Waals surface area contributed by atoms with E-state index in [2.05, 4.69) is 5.32 Å². The molecule has 1 saturated heterocycles. The van der Waals surface area contributed by atoms with Gasteiger partial charge in [0.2, 0.25) is 0 Å². The number of thioether (sulfide) groups is 1. The lowest BCUT2D eigenvalue weighted by atomic mass is 9.99. The van der Waals surface area contributed by atoms with E-state index in [1.165, 1.54) is 7.11 Å². The van der Waals surface area contributed by atoms with Crippen molar-refractivity contribution in [3.63, 3.8) is 0 Å². The fourth-order valence-electron chi connectivity index (χ4n) is 1.75. The Morgan fingerprint density at radius 1 is 1.33 bits per heavy atom. The SMILES string of the molecule is COC(=O)[C@@H]1CSCC[C@H]1NC(=O)OC(C)(C)C. The molecule has 1 N–H and O–H groups in total. The molecule has 0 spiro atoms. The van der Waals surface area contributed by atoms with Crippen LogP contribution in [0.5, 0.6) is 0 Å². The summed E-state index contributed by atoms with van der Waals surface area (Å²) in [6.07, 6.45) is 0.275. The molecule has 0 aromatic heterocycles. The molecule has 1 fully saturated rings. The average Bonchev–Trinajstić information content (AvgIpc) is 2.26. The third-order valence-electron chi connectivity index (χ3n) is 2.56. The summed E-state index contributed by atoms with van der Waals surface area (Å²) in [5, 5.41) is 2.77. The molecule has 5 nitrogen and oxygen atoms in total. The molecule has 1 aliphatic rings. The maximum atomic E-state index is 11.7. The first-order chi connectivity index (χ1) is 8.33. The predicted octanol–water partition coefficient (Wildman–Crippen LogP) is 1.81. The minimum Gasteiger partial charge on any atom is -0.469 e. The first kappa shape index (κ1) is 15.1. The largest absolute Gasteiger partial charge is 0.469 e. The second-order valence-electron chi connectivity index (χ2n) is 5.25. The number of rotatable bonds is 2. The number of hydrogen-bond donors (Lipinski definition) is 1. The Labute approximate surface area is 112 Å². The molecule has 1 heterocycles. The monoisotopic (exact) mass is 275 g/mol. The van der Waals surface area contributed by atoms with E-state index in [1.807, 2.05) is 0 Å². The molecule has 0 aromatic carbocycles. The lowest BCUT2D eigenvalue weighted by molar-refractivity contribution is -0.145. The van der Waals surface area contributed by atoms with Crippen LogP contribution in [0.2, 0.25) is 0 Å². The van der Waals surface area contributed by atoms with Crippen LogP contribution in [-0.2, 0) is 14.3 Å². The van der Waals surface area contributed by atoms with Crippen LogP contribution in [-0.4, -0.2) is 42.3 Å². The van der Waals surface area contributed by atoms with Gasteiger partial charge in [0.15, 0.2) is 0 Å². The lowest BCUT2D eigenvalue weighted by Crippen LogP contribution is -2.48. The third kappa shape index (κ3) is 4.76. The summed E-state index contributed by atoms with van der Waals surface area (Å²) in [4.78, 5) is 23.3. The summed E-state index contributed by atoms with van der Waals surface area (Å²) in [6.45, 7) is 5.42. The van der Waals surface area contributed by atoms with E-state index in [-0.39, 0.29) is 17.9 Å². The Hall–Kier alpha value is -0.910. The fourth-order valence-corrected chi connectivity index (χ4v) is 2.96. The van der Waals surface area contributed by atoms with Crippen LogP contribution < -0.4 is 5.32 Å². The molecular weight excluding hydrogens is 254 g/mol. The number of hydrogen-bond acceptors (Lipinski definition) is 5. The molecule has 1 aliphatic heterocycles. The van der Waals surface area contributed by atoms with Gasteiger partial charge in [0.05, 0.1) is 13.0 Å². The summed E-state index contributed by atoms with van der Waals surface area (Å²) < 4.78 is 9.95. The van der Waals surface area contributed by atoms with Gasteiger partial charge in [-0.3, -0.25) is 4.79 Å². The van der Waals surface area contributed by atoms with Crippen LogP contribution in [0.1, 0.15) is 27.2 Å². The van der Waals surface area contributed by atoms with Crippen LogP contribution >= 0.6 is 11.8 Å². The Morgan fingerprint density at radius 2 is 2.00 bits per heavy atom. The van der Waals surface area contributed by atoms with Crippen LogP contribution in [0.15, 0.2) is 0 Å². The van der Waals surface area contributed by atoms with E-state index in [0.717, 1.165) is 12.2 Å². The van der Waals surface area contributed by atoms with Crippen LogP contribution in [0.25, 0.3) is 0 Å². The number of amides is 1. The van der Waals surface area contributed by atoms with Crippen LogP contribution in [0.4, 0.5) is 4.79 Å². The van der Waals surface area contributed by atoms with Crippen molar-refractivity contribution in [1.82, 2.24) is 5.32 Å². The van der Waals surface area contributed by atoms with Crippen molar-refractivity contribution in [2.75, 3.05) is 18.6 Å². The maximum absolute atomic E-state index is 11.7. The summed E-state index contributed by atoms with van der Waals surface area (Å²) in [7, 11) is 1.37. The normalized spacial score (nSPS) is 24.2. The number of carbonyl (C=O) groups excluding carboxylic acids is 2. The third-order valence-corrected chi connectivity index (χ3v) is 3.68. The highest BCUT2D eigenvalue weighted by Crippen LogP contribution is 2.24. The molecule has 1 rings (SSSR count). The van der Waals surface area contributed by atoms with E-state index < -0.39 is 11.7 Å². The highest BCUT2D eigenvalue weighted by Gasteiger charge is 2.34. The molecule has 0 bridgehead atoms. The van der Waals surface area contributed by atoms with Crippen molar-refractivity contribution in [2.45, 2.75) is 38.8 Å². The summed E-state index contributed by atoms with van der Waals surface area (Å²) >= 11 is 1.70. The molecule has 0 aromatic rings. The van der Waals surface area contributed by atoms with Crippen LogP contribution in [0.3, 0.4) is 0 Å². The molecule has 2 atom stereocenters. The number of ether oxygens (including phenoxy) is 2. The zero-order chi connectivity index (χ0) is 13.8. The first-order valence-corrected chi connectivity index (χ1v) is 7.14. The number of alkyl carbamates (subject to hydrolysis) is 1. The lowest BCUT2D eigenvalue weighted by Gasteiger charge is -2.30. The van der Waals surface area contributed by atoms with Gasteiger partial charge in [-0.15, -0.1) is 0 Å². The van der Waals surface area contributed by atoms with E-state index in [0.29, 0.717) is 5.75 Å². The molecule has 0 saturated carbocycles. The number of nitrogens with one attached hydrogen (secondary N) is 1. The molecule has 18 heavy (non-hydrogen) atoms. The Balaban J connectivity index is 2.57. The molecule has 0 unspecified atom stereocenters. The van der Waals surface area contributed by atoms with E-state index in [9.17, 15) is 9.59 Å². The van der Waals surface area contributed by atoms with Crippen molar-refractivity contribution in [2.24, 2.45) is 5.92 Å². The van der Waals surface area contributed by atoms with Crippen molar-refractivity contribution in [3.05, 3.63) is 0 Å². The highest BCUT2D eigenvalue weighted by atomic mass is 32.2. The zero-order valence-corrected chi connectivity index (χ0v) is 12.1. The predicted molar refractivity (Wildman–Crippen MR) is 70.6 cm³/mol. The van der Waals surface area contributed by atoms with Gasteiger partial charge in [0.25, 0.3) is 0 Å². The molecule has 104 valence electrons. The standard InChI is InChI=1S/C12H21NO4S/c1-12(2,3)17-11(15)13-9-5-6-18-7-8(9)10(14)16-4/h8-9H,5-7H2,1-4H3,(H,13,15)/t8-,9-/m1/s1. The van der Waals surface area contributed by atoms with Gasteiger partial charge in [-0.1, -0.05) is 0 Å². The summed E-state index contributed by atoms with van der Waals surface area (Å²) in [5.74, 6) is 1.03. The molecule has 0 aliphatic carbocycles. The maximum Gasteiger partial charge on any atom is 0.407 e. The molecule has 1 amide bonds. The second kappa shape index (κ2) is 6.31. The topological polar surface area (TPSA) is 64.6 Å². The average molecular weight is 275 g/mol. The zero-order valence-electron chi connectivity index (χ0n) is 11.3. The van der Waals surface area contributed by atoms with Gasteiger partial charge in [-0.25, -0.2) is 4.79 Å². The van der Waals surface area contributed by atoms with Gasteiger partial charge < -0.3 is 14.8 Å². The fraction of sp³-hybridized carbons (Fsp3) is 0.833. The number of methoxy groups -OCH3 is 1. The van der Waals surface area contributed by atoms with Gasteiger partial charge >= 0.3 is 12.1 Å². The number of carbonyl (C=O) groups is 2. The smallest absolute Gasteiger partial charge is 0.407 e. The van der Waals surface area contributed by atoms with E-state index >= 15 is 0 Å². The minimum absolute atomic E-state index is 0.200. The summed E-state index contributed by atoms with van der Waals surface area (Å²) in [6, 6.07) is -0.200. The second-order valence-corrected chi connectivity index (χ2v) is 6.40. The van der Waals surface area contributed by atoms with Crippen molar-refractivity contribution in [1.29, 1.82) is 0 Å². The van der Waals surface area contributed by atoms with Gasteiger partial charge in [0, 0.05) is 11.8 Å². The van der Waals surface area contributed by atoms with Gasteiger partial charge in [0.1, 0.15) is 5.60 Å². The first-order valence-electron chi connectivity index (χ1n) is 5.98. The molecular formula is C12H21NO4S. The van der Waals surface area contributed by atoms with Crippen molar-refractivity contribution >= 4 is 23.8 Å². The summed E-state index contributed by atoms with van der Waals surface area (Å²) in [5.41, 5.74) is -0.533. The van der Waals surface area contributed by atoms with Gasteiger partial charge in [-0.05, 0) is 32.9 Å². The Bertz CT molecular complexity index is 314. The van der Waals surface area contributed by atoms with Crippen LogP contribution in [0, 0.1) is 5.92 Å². The van der Waals surface area contributed by atoms with E-state index in [1.54, 1.807) is 32.5 Å². The Morgan fingerprint density at radius 3 is 2.56 bits per heavy atom. The Kier molecular flexibility index (Phi) is 5.31. The van der Waals surface area contributed by atoms with Crippen molar-refractivity contribution in [3.8, 4) is 0 Å². The quantitative estimate of drug-likeness (QED) is 0.779. The van der Waals surface area contributed by atoms with Crippen molar-refractivity contribution < 1.29 is 19.1 Å². The molecule has 0 radical (unpaired) electrons. The number of esters is 1.